The molecule has 0 radical (unpaired) electrons. The maximum Gasteiger partial charge on any atom is 0.306 e. The minimum Gasteiger partial charge on any atom is -0.756 e. The lowest BCUT2D eigenvalue weighted by molar-refractivity contribution is -0.870. The number of phosphoric acid groups is 1. The molecule has 0 saturated carbocycles. The van der Waals surface area contributed by atoms with E-state index in [0.717, 1.165) is 57.8 Å². The number of rotatable bonds is 38. The van der Waals surface area contributed by atoms with Crippen LogP contribution in [-0.2, 0) is 32.7 Å². The van der Waals surface area contributed by atoms with Gasteiger partial charge in [-0.25, -0.2) is 0 Å². The van der Waals surface area contributed by atoms with Crippen LogP contribution in [0.3, 0.4) is 0 Å². The molecule has 0 amide bonds. The van der Waals surface area contributed by atoms with Gasteiger partial charge in [0.05, 0.1) is 40.0 Å². The van der Waals surface area contributed by atoms with Gasteiger partial charge in [0.25, 0.3) is 7.82 Å². The number of esters is 2. The molecule has 0 spiro atoms. The van der Waals surface area contributed by atoms with Crippen molar-refractivity contribution in [2.24, 2.45) is 0 Å². The predicted octanol–water partition coefficient (Wildman–Crippen LogP) is 10.2. The van der Waals surface area contributed by atoms with Crippen molar-refractivity contribution in [1.82, 2.24) is 0 Å². The number of aliphatic hydroxyl groups excluding tert-OH is 2. The van der Waals surface area contributed by atoms with Gasteiger partial charge in [0.15, 0.2) is 6.10 Å². The van der Waals surface area contributed by atoms with Crippen LogP contribution in [0.25, 0.3) is 0 Å². The van der Waals surface area contributed by atoms with Crippen LogP contribution in [0.1, 0.15) is 117 Å². The molecule has 0 saturated heterocycles. The summed E-state index contributed by atoms with van der Waals surface area (Å²) in [7, 11) is 0.995. The fourth-order valence-electron chi connectivity index (χ4n) is 5.15. The van der Waals surface area contributed by atoms with Crippen molar-refractivity contribution in [3.63, 3.8) is 0 Å². The van der Waals surface area contributed by atoms with Crippen LogP contribution in [0.15, 0.2) is 122 Å². The van der Waals surface area contributed by atoms with Crippen LogP contribution < -0.4 is 4.89 Å². The number of nitrogens with zero attached hydrogens (tertiary/aromatic N) is 1. The maximum absolute atomic E-state index is 12.7. The van der Waals surface area contributed by atoms with Crippen LogP contribution in [0.5, 0.6) is 0 Å². The number of unbranched alkanes of at least 4 members (excludes halogenated alkanes) is 5. The van der Waals surface area contributed by atoms with Gasteiger partial charge < -0.3 is 38.1 Å². The first kappa shape index (κ1) is 58.3. The summed E-state index contributed by atoms with van der Waals surface area (Å²) < 4.78 is 33.7. The summed E-state index contributed by atoms with van der Waals surface area (Å²) in [5, 5.41) is 20.1. The smallest absolute Gasteiger partial charge is 0.306 e. The van der Waals surface area contributed by atoms with E-state index in [1.54, 1.807) is 30.4 Å². The Balaban J connectivity index is 4.67. The van der Waals surface area contributed by atoms with Crippen molar-refractivity contribution in [1.29, 1.82) is 0 Å². The average Bonchev–Trinajstić information content (AvgIpc) is 3.21. The number of carbonyl (C=O) groups excluding carboxylic acids is 2. The number of carbonyl (C=O) groups is 2. The van der Waals surface area contributed by atoms with E-state index in [9.17, 15) is 29.3 Å². The van der Waals surface area contributed by atoms with Gasteiger partial charge in [-0.1, -0.05) is 148 Å². The molecule has 0 heterocycles. The quantitative estimate of drug-likeness (QED) is 0.0153. The van der Waals surface area contributed by atoms with E-state index in [2.05, 4.69) is 62.5 Å². The van der Waals surface area contributed by atoms with Crippen molar-refractivity contribution in [3.8, 4) is 0 Å². The molecule has 12 heteroatoms. The number of hydrogen-bond acceptors (Lipinski definition) is 10. The normalized spacial score (nSPS) is 15.7. The molecular formula is C50H80NO10P. The topological polar surface area (TPSA) is 152 Å². The fraction of sp³-hybridized carbons (Fsp3) is 0.560. The molecule has 4 atom stereocenters. The molecule has 350 valence electrons. The van der Waals surface area contributed by atoms with Gasteiger partial charge in [0.2, 0.25) is 0 Å². The van der Waals surface area contributed by atoms with Crippen molar-refractivity contribution >= 4 is 19.8 Å². The van der Waals surface area contributed by atoms with Crippen molar-refractivity contribution in [3.05, 3.63) is 122 Å². The standard InChI is InChI=1S/C50H80NO10P/c1-6-8-10-11-12-13-14-15-16-17-18-19-20-21-25-28-34-40-49(54)58-44-48(45-60-62(56,57)59-43-42-51(3,4)5)61-50(55)41-35-29-33-39-47(53)38-32-27-24-22-23-26-31-37-46(52)36-30-9-7-2/h8-10,12-13,15-16,18-19,23-24,26-27,30-33,37-39,46-48,52-53H,6-7,11,14,17,20-22,25,28-29,34-36,40-45H2,1-5H3/b10-8-,13-12-,16-15-,19-18-,26-23-,27-24-,30-9-,37-31+,38-32+,39-33-/t46-,47-,48+/m0/s1. The van der Waals surface area contributed by atoms with Gasteiger partial charge in [0.1, 0.15) is 19.8 Å². The lowest BCUT2D eigenvalue weighted by Gasteiger charge is -2.28. The van der Waals surface area contributed by atoms with Gasteiger partial charge >= 0.3 is 11.9 Å². The molecule has 0 aromatic heterocycles. The first-order valence-electron chi connectivity index (χ1n) is 22.5. The lowest BCUT2D eigenvalue weighted by atomic mass is 10.1. The summed E-state index contributed by atoms with van der Waals surface area (Å²) in [5.74, 6) is -1.06. The second-order valence-electron chi connectivity index (χ2n) is 15.7. The third kappa shape index (κ3) is 43.0. The summed E-state index contributed by atoms with van der Waals surface area (Å²) in [4.78, 5) is 37.6. The van der Waals surface area contributed by atoms with E-state index in [4.69, 9.17) is 18.5 Å². The van der Waals surface area contributed by atoms with Gasteiger partial charge in [-0.05, 0) is 77.0 Å². The molecule has 0 aliphatic carbocycles. The van der Waals surface area contributed by atoms with E-state index in [-0.39, 0.29) is 26.1 Å². The lowest BCUT2D eigenvalue weighted by Crippen LogP contribution is -2.37. The number of aliphatic hydroxyl groups is 2. The monoisotopic (exact) mass is 886 g/mol. The highest BCUT2D eigenvalue weighted by molar-refractivity contribution is 7.45. The highest BCUT2D eigenvalue weighted by Crippen LogP contribution is 2.38. The van der Waals surface area contributed by atoms with Crippen LogP contribution in [0.2, 0.25) is 0 Å². The van der Waals surface area contributed by atoms with Crippen LogP contribution in [0, 0.1) is 0 Å². The zero-order chi connectivity index (χ0) is 46.0. The summed E-state index contributed by atoms with van der Waals surface area (Å²) in [6, 6.07) is 0. The van der Waals surface area contributed by atoms with Gasteiger partial charge in [-0.15, -0.1) is 0 Å². The Morgan fingerprint density at radius 3 is 1.84 bits per heavy atom. The molecule has 0 aliphatic heterocycles. The predicted molar refractivity (Wildman–Crippen MR) is 252 cm³/mol. The van der Waals surface area contributed by atoms with Crippen molar-refractivity contribution in [2.75, 3.05) is 47.5 Å². The maximum atomic E-state index is 12.7. The van der Waals surface area contributed by atoms with E-state index >= 15 is 0 Å². The molecule has 2 N–H and O–H groups in total. The zero-order valence-corrected chi connectivity index (χ0v) is 39.4. The number of likely N-dealkylation sites (N-methyl/N-ethyl adjacent to an activating group) is 1. The van der Waals surface area contributed by atoms with Crippen molar-refractivity contribution in [2.45, 2.75) is 135 Å². The molecule has 62 heavy (non-hydrogen) atoms. The summed E-state index contributed by atoms with van der Waals surface area (Å²) in [6.07, 6.45) is 48.7. The van der Waals surface area contributed by atoms with Crippen LogP contribution >= 0.6 is 7.82 Å². The Kier molecular flexibility index (Phi) is 37.8. The molecule has 0 fully saturated rings. The second kappa shape index (κ2) is 40.1. The third-order valence-corrected chi connectivity index (χ3v) is 9.62. The molecule has 1 unspecified atom stereocenters. The zero-order valence-electron chi connectivity index (χ0n) is 38.5. The van der Waals surface area contributed by atoms with E-state index < -0.39 is 44.7 Å². The fourth-order valence-corrected chi connectivity index (χ4v) is 5.88. The summed E-state index contributed by atoms with van der Waals surface area (Å²) >= 11 is 0. The minimum absolute atomic E-state index is 0.0248. The first-order chi connectivity index (χ1) is 29.8. The molecule has 0 aromatic carbocycles. The number of allylic oxidation sites excluding steroid dienone is 16. The highest BCUT2D eigenvalue weighted by atomic mass is 31.2. The van der Waals surface area contributed by atoms with Gasteiger partial charge in [-0.3, -0.25) is 14.2 Å². The minimum atomic E-state index is -4.70. The highest BCUT2D eigenvalue weighted by Gasteiger charge is 2.21. The molecule has 0 aromatic rings. The molecular weight excluding hydrogens is 806 g/mol. The van der Waals surface area contributed by atoms with Gasteiger partial charge in [-0.2, -0.15) is 0 Å². The summed E-state index contributed by atoms with van der Waals surface area (Å²) in [6.45, 7) is 3.63. The second-order valence-corrected chi connectivity index (χ2v) is 17.1. The molecule has 0 bridgehead atoms. The Morgan fingerprint density at radius 1 is 0.613 bits per heavy atom. The van der Waals surface area contributed by atoms with E-state index in [0.29, 0.717) is 43.1 Å². The summed E-state index contributed by atoms with van der Waals surface area (Å²) in [5.41, 5.74) is 0. The number of ether oxygens (including phenoxy) is 2. The Bertz CT molecular complexity index is 1500. The molecule has 0 rings (SSSR count). The first-order valence-corrected chi connectivity index (χ1v) is 23.9. The van der Waals surface area contributed by atoms with Crippen LogP contribution in [0.4, 0.5) is 0 Å². The Morgan fingerprint density at radius 2 is 1.18 bits per heavy atom. The van der Waals surface area contributed by atoms with Crippen molar-refractivity contribution < 1.29 is 52.3 Å². The number of phosphoric ester groups is 1. The third-order valence-electron chi connectivity index (χ3n) is 8.65. The van der Waals surface area contributed by atoms with E-state index in [1.165, 1.54) is 0 Å². The molecule has 0 aliphatic rings. The molecule has 11 nitrogen and oxygen atoms in total. The largest absolute Gasteiger partial charge is 0.756 e. The Labute approximate surface area is 374 Å². The van der Waals surface area contributed by atoms with Gasteiger partial charge in [0, 0.05) is 12.8 Å². The van der Waals surface area contributed by atoms with Crippen LogP contribution in [-0.4, -0.2) is 92.5 Å². The Hall–Kier alpha value is -3.67. The SMILES string of the molecule is CC/C=C\C/C=C\C/C=C\C/C=C\CCCCCCC(=O)OC[C@H](COP(=O)([O-])OCC[N+](C)(C)C)OC(=O)CCC/C=C\[C@@H](O)/C=C/C=C\C/C=C\C=C\[C@@H](O)C/C=C\CC. The average molecular weight is 886 g/mol. The number of quaternary nitrogens is 1. The van der Waals surface area contributed by atoms with E-state index in [1.807, 2.05) is 63.7 Å². The number of hydrogen-bond donors (Lipinski definition) is 2.